The molecule has 9 nitrogen and oxygen atoms in total. The number of aryl methyl sites for hydroxylation is 1. The summed E-state index contributed by atoms with van der Waals surface area (Å²) in [6.07, 6.45) is 0.652. The largest absolute Gasteiger partial charge is 0.451 e. The number of para-hydroxylation sites is 1. The highest BCUT2D eigenvalue weighted by Crippen LogP contribution is 2.27. The van der Waals surface area contributed by atoms with Crippen molar-refractivity contribution in [2.24, 2.45) is 5.92 Å². The fourth-order valence-electron chi connectivity index (χ4n) is 4.51. The van der Waals surface area contributed by atoms with Gasteiger partial charge < -0.3 is 15.0 Å². The molecule has 0 saturated carbocycles. The third-order valence-electron chi connectivity index (χ3n) is 6.66. The summed E-state index contributed by atoms with van der Waals surface area (Å²) < 4.78 is 32.6. The number of nitrogens with zero attached hydrogens (tertiary/aromatic N) is 2. The number of esters is 1. The number of nitrogens with one attached hydrogen (secondary N) is 1. The van der Waals surface area contributed by atoms with E-state index in [1.54, 1.807) is 32.6 Å². The molecule has 1 aliphatic heterocycles. The van der Waals surface area contributed by atoms with Gasteiger partial charge in [0.25, 0.3) is 11.8 Å². The summed E-state index contributed by atoms with van der Waals surface area (Å²) in [7, 11) is -3.76. The summed E-state index contributed by atoms with van der Waals surface area (Å²) >= 11 is 0. The first kappa shape index (κ1) is 29.3. The standard InChI is InChI=1S/C28H37N3O6S/c1-6-30(7-2)38(35,36)23-15-10-13-22(18-23)26(32)29-25(19(3)4)28(34)37-20(5)27(33)31-17-11-14-21-12-8-9-16-24(21)31/h8-10,12-13,15-16,18-20,25H,6-7,11,14,17H2,1-5H3,(H,29,32). The van der Waals surface area contributed by atoms with Crippen molar-refractivity contribution in [1.82, 2.24) is 9.62 Å². The molecule has 3 rings (SSSR count). The summed E-state index contributed by atoms with van der Waals surface area (Å²) in [5.41, 5.74) is 1.99. The van der Waals surface area contributed by atoms with Gasteiger partial charge in [-0.3, -0.25) is 9.59 Å². The third-order valence-corrected chi connectivity index (χ3v) is 8.71. The Balaban J connectivity index is 1.72. The first-order valence-corrected chi connectivity index (χ1v) is 14.5. The number of benzene rings is 2. The van der Waals surface area contributed by atoms with Gasteiger partial charge in [-0.05, 0) is 55.5 Å². The van der Waals surface area contributed by atoms with Gasteiger partial charge in [-0.25, -0.2) is 13.2 Å². The molecule has 2 amide bonds. The Labute approximate surface area is 225 Å². The van der Waals surface area contributed by atoms with Crippen LogP contribution in [0, 0.1) is 5.92 Å². The van der Waals surface area contributed by atoms with Gasteiger partial charge in [0.2, 0.25) is 10.0 Å². The van der Waals surface area contributed by atoms with E-state index in [4.69, 9.17) is 4.74 Å². The van der Waals surface area contributed by atoms with Crippen molar-refractivity contribution in [3.63, 3.8) is 0 Å². The summed E-state index contributed by atoms with van der Waals surface area (Å²) in [4.78, 5) is 40.9. The van der Waals surface area contributed by atoms with Crippen molar-refractivity contribution < 1.29 is 27.5 Å². The zero-order chi connectivity index (χ0) is 28.0. The quantitative estimate of drug-likeness (QED) is 0.460. The van der Waals surface area contributed by atoms with Crippen molar-refractivity contribution in [2.75, 3.05) is 24.5 Å². The molecule has 0 bridgehead atoms. The van der Waals surface area contributed by atoms with Crippen LogP contribution in [0.4, 0.5) is 5.69 Å². The van der Waals surface area contributed by atoms with Gasteiger partial charge in [0.1, 0.15) is 6.04 Å². The first-order chi connectivity index (χ1) is 18.0. The molecule has 0 fully saturated rings. The van der Waals surface area contributed by atoms with Crippen molar-refractivity contribution in [3.05, 3.63) is 59.7 Å². The van der Waals surface area contributed by atoms with Crippen molar-refractivity contribution in [3.8, 4) is 0 Å². The lowest BCUT2D eigenvalue weighted by molar-refractivity contribution is -0.156. The number of amides is 2. The fraction of sp³-hybridized carbons (Fsp3) is 0.464. The summed E-state index contributed by atoms with van der Waals surface area (Å²) in [6.45, 7) is 9.65. The topological polar surface area (TPSA) is 113 Å². The highest BCUT2D eigenvalue weighted by Gasteiger charge is 2.33. The highest BCUT2D eigenvalue weighted by atomic mass is 32.2. The van der Waals surface area contributed by atoms with Gasteiger partial charge in [0, 0.05) is 30.9 Å². The summed E-state index contributed by atoms with van der Waals surface area (Å²) in [5, 5.41) is 2.66. The normalized spacial score (nSPS) is 15.1. The summed E-state index contributed by atoms with van der Waals surface area (Å²) in [6, 6.07) is 12.3. The van der Waals surface area contributed by atoms with Gasteiger partial charge in [0.15, 0.2) is 6.10 Å². The first-order valence-electron chi connectivity index (χ1n) is 13.0. The molecule has 2 atom stereocenters. The molecule has 0 spiro atoms. The predicted molar refractivity (Wildman–Crippen MR) is 145 cm³/mol. The second-order valence-corrected chi connectivity index (χ2v) is 11.6. The SMILES string of the molecule is CCN(CC)S(=O)(=O)c1cccc(C(=O)NC(C(=O)OC(C)C(=O)N2CCCc3ccccc32)C(C)C)c1. The Bertz CT molecular complexity index is 1270. The maximum atomic E-state index is 13.2. The number of rotatable bonds is 10. The van der Waals surface area contributed by atoms with Gasteiger partial charge in [-0.2, -0.15) is 4.31 Å². The van der Waals surface area contributed by atoms with Gasteiger partial charge in [-0.15, -0.1) is 0 Å². The average molecular weight is 544 g/mol. The highest BCUT2D eigenvalue weighted by molar-refractivity contribution is 7.89. The molecule has 10 heteroatoms. The van der Waals surface area contributed by atoms with Crippen molar-refractivity contribution >= 4 is 33.5 Å². The molecule has 0 aromatic heterocycles. The van der Waals surface area contributed by atoms with Gasteiger partial charge in [-0.1, -0.05) is 52.0 Å². The van der Waals surface area contributed by atoms with Crippen LogP contribution in [0.1, 0.15) is 57.0 Å². The molecule has 0 saturated heterocycles. The van der Waals surface area contributed by atoms with E-state index in [-0.39, 0.29) is 22.3 Å². The molecule has 206 valence electrons. The third kappa shape index (κ3) is 6.42. The average Bonchev–Trinajstić information content (AvgIpc) is 2.91. The minimum Gasteiger partial charge on any atom is -0.451 e. The molecule has 38 heavy (non-hydrogen) atoms. The number of sulfonamides is 1. The molecule has 1 heterocycles. The zero-order valence-electron chi connectivity index (χ0n) is 22.6. The van der Waals surface area contributed by atoms with E-state index < -0.39 is 34.0 Å². The smallest absolute Gasteiger partial charge is 0.329 e. The van der Waals surface area contributed by atoms with E-state index in [0.717, 1.165) is 24.1 Å². The molecular formula is C28H37N3O6S. The molecule has 0 aliphatic carbocycles. The van der Waals surface area contributed by atoms with Crippen molar-refractivity contribution in [1.29, 1.82) is 0 Å². The van der Waals surface area contributed by atoms with Crippen LogP contribution < -0.4 is 10.2 Å². The molecule has 2 aromatic rings. The Kier molecular flexibility index (Phi) is 9.67. The predicted octanol–water partition coefficient (Wildman–Crippen LogP) is 3.38. The number of anilines is 1. The molecular weight excluding hydrogens is 506 g/mol. The number of ether oxygens (including phenoxy) is 1. The summed E-state index contributed by atoms with van der Waals surface area (Å²) in [5.74, 6) is -2.01. The number of hydrogen-bond donors (Lipinski definition) is 1. The van der Waals surface area contributed by atoms with E-state index in [2.05, 4.69) is 5.32 Å². The van der Waals surface area contributed by atoms with Crippen LogP contribution in [0.3, 0.4) is 0 Å². The van der Waals surface area contributed by atoms with E-state index in [9.17, 15) is 22.8 Å². The van der Waals surface area contributed by atoms with Crippen LogP contribution >= 0.6 is 0 Å². The minimum absolute atomic E-state index is 0.00134. The lowest BCUT2D eigenvalue weighted by Gasteiger charge is -2.31. The van der Waals surface area contributed by atoms with Crippen LogP contribution in [-0.4, -0.2) is 62.3 Å². The second kappa shape index (κ2) is 12.5. The molecule has 1 aliphatic rings. The van der Waals surface area contributed by atoms with E-state index >= 15 is 0 Å². The lowest BCUT2D eigenvalue weighted by atomic mass is 10.0. The monoisotopic (exact) mass is 543 g/mol. The van der Waals surface area contributed by atoms with Crippen LogP contribution in [-0.2, 0) is 30.8 Å². The molecule has 2 unspecified atom stereocenters. The maximum Gasteiger partial charge on any atom is 0.329 e. The maximum absolute atomic E-state index is 13.2. The van der Waals surface area contributed by atoms with Gasteiger partial charge in [0.05, 0.1) is 4.90 Å². The van der Waals surface area contributed by atoms with E-state index in [0.29, 0.717) is 19.6 Å². The number of fused-ring (bicyclic) bond motifs is 1. The minimum atomic E-state index is -3.76. The van der Waals surface area contributed by atoms with E-state index in [1.807, 2.05) is 24.3 Å². The van der Waals surface area contributed by atoms with Crippen LogP contribution in [0.25, 0.3) is 0 Å². The fourth-order valence-corrected chi connectivity index (χ4v) is 6.02. The van der Waals surface area contributed by atoms with Gasteiger partial charge >= 0.3 is 5.97 Å². The molecule has 1 N–H and O–H groups in total. The number of carbonyl (C=O) groups excluding carboxylic acids is 3. The number of hydrogen-bond acceptors (Lipinski definition) is 6. The Morgan fingerprint density at radius 3 is 2.37 bits per heavy atom. The number of carbonyl (C=O) groups is 3. The Hall–Kier alpha value is -3.24. The van der Waals surface area contributed by atoms with Crippen LogP contribution in [0.5, 0.6) is 0 Å². The second-order valence-electron chi connectivity index (χ2n) is 9.61. The lowest BCUT2D eigenvalue weighted by Crippen LogP contribution is -2.49. The Morgan fingerprint density at radius 1 is 1.03 bits per heavy atom. The van der Waals surface area contributed by atoms with Crippen LogP contribution in [0.15, 0.2) is 53.4 Å². The molecule has 0 radical (unpaired) electrons. The van der Waals surface area contributed by atoms with Crippen molar-refractivity contribution in [2.45, 2.75) is 64.5 Å². The van der Waals surface area contributed by atoms with Crippen LogP contribution in [0.2, 0.25) is 0 Å². The molecule has 2 aromatic carbocycles. The Morgan fingerprint density at radius 2 is 1.71 bits per heavy atom. The zero-order valence-corrected chi connectivity index (χ0v) is 23.5. The van der Waals surface area contributed by atoms with E-state index in [1.165, 1.54) is 35.5 Å².